The van der Waals surface area contributed by atoms with E-state index in [4.69, 9.17) is 4.74 Å². The Morgan fingerprint density at radius 3 is 2.58 bits per heavy atom. The van der Waals surface area contributed by atoms with Crippen molar-refractivity contribution in [2.45, 2.75) is 24.7 Å². The zero-order valence-corrected chi connectivity index (χ0v) is 14.8. The lowest BCUT2D eigenvalue weighted by Gasteiger charge is -2.09. The third kappa shape index (κ3) is 3.38. The highest BCUT2D eigenvalue weighted by Gasteiger charge is 2.21. The summed E-state index contributed by atoms with van der Waals surface area (Å²) in [5.41, 5.74) is 0.370. The average molecular weight is 375 g/mol. The van der Waals surface area contributed by atoms with Crippen molar-refractivity contribution in [1.29, 1.82) is 0 Å². The van der Waals surface area contributed by atoms with Gasteiger partial charge in [0.25, 0.3) is 15.7 Å². The number of hydrogen-bond donors (Lipinski definition) is 0. The van der Waals surface area contributed by atoms with Crippen LogP contribution in [0.5, 0.6) is 5.75 Å². The number of benzene rings is 2. The predicted octanol–water partition coefficient (Wildman–Crippen LogP) is 3.36. The van der Waals surface area contributed by atoms with Crippen LogP contribution in [0.25, 0.3) is 11.0 Å². The summed E-state index contributed by atoms with van der Waals surface area (Å²) in [5.74, 6) is 0.600. The molecular weight excluding hydrogens is 358 g/mol. The lowest BCUT2D eigenvalue weighted by atomic mass is 10.3. The standard InChI is InChI=1S/C17H17N3O5S/c1-2-3-10-25-14-5-7-15(8-6-14)26(23,24)19-12-18-16-11-13(20(21)22)4-9-17(16)19/h4-9,11-12H,2-3,10H2,1H3. The molecule has 0 aliphatic carbocycles. The van der Waals surface area contributed by atoms with Gasteiger partial charge in [0.05, 0.1) is 27.5 Å². The van der Waals surface area contributed by atoms with Gasteiger partial charge in [-0.15, -0.1) is 0 Å². The number of fused-ring (bicyclic) bond motifs is 1. The summed E-state index contributed by atoms with van der Waals surface area (Å²) >= 11 is 0. The molecule has 0 saturated carbocycles. The average Bonchev–Trinajstić information content (AvgIpc) is 3.06. The minimum Gasteiger partial charge on any atom is -0.494 e. The molecule has 2 aromatic carbocycles. The number of non-ortho nitro benzene ring substituents is 1. The summed E-state index contributed by atoms with van der Waals surface area (Å²) in [6.45, 7) is 2.64. The molecule has 8 nitrogen and oxygen atoms in total. The van der Waals surface area contributed by atoms with Crippen LogP contribution in [0.15, 0.2) is 53.7 Å². The van der Waals surface area contributed by atoms with Crippen LogP contribution in [0, 0.1) is 10.1 Å². The number of rotatable bonds is 7. The molecule has 136 valence electrons. The van der Waals surface area contributed by atoms with E-state index in [1.165, 1.54) is 30.3 Å². The van der Waals surface area contributed by atoms with E-state index in [0.29, 0.717) is 12.4 Å². The number of nitro groups is 1. The summed E-state index contributed by atoms with van der Waals surface area (Å²) < 4.78 is 32.2. The van der Waals surface area contributed by atoms with Gasteiger partial charge in [0, 0.05) is 12.1 Å². The Bertz CT molecular complexity index is 1040. The van der Waals surface area contributed by atoms with Gasteiger partial charge < -0.3 is 4.74 Å². The third-order valence-corrected chi connectivity index (χ3v) is 5.53. The molecule has 0 saturated heterocycles. The van der Waals surface area contributed by atoms with Gasteiger partial charge in [-0.1, -0.05) is 13.3 Å². The third-order valence-electron chi connectivity index (χ3n) is 3.86. The quantitative estimate of drug-likeness (QED) is 0.356. The van der Waals surface area contributed by atoms with Gasteiger partial charge in [0.15, 0.2) is 0 Å². The molecule has 1 heterocycles. The summed E-state index contributed by atoms with van der Waals surface area (Å²) in [5, 5.41) is 10.8. The fraction of sp³-hybridized carbons (Fsp3) is 0.235. The normalized spacial score (nSPS) is 11.6. The molecule has 0 unspecified atom stereocenters. The highest BCUT2D eigenvalue weighted by atomic mass is 32.2. The summed E-state index contributed by atoms with van der Waals surface area (Å²) in [6, 6.07) is 10.0. The van der Waals surface area contributed by atoms with E-state index < -0.39 is 14.9 Å². The summed E-state index contributed by atoms with van der Waals surface area (Å²) in [4.78, 5) is 14.3. The van der Waals surface area contributed by atoms with Crippen molar-refractivity contribution >= 4 is 26.7 Å². The SMILES string of the molecule is CCCCOc1ccc(S(=O)(=O)n2cnc3cc([N+](=O)[O-])ccc32)cc1. The number of unbranched alkanes of at least 4 members (excludes halogenated alkanes) is 1. The molecule has 0 aliphatic heterocycles. The first kappa shape index (κ1) is 17.9. The zero-order valence-electron chi connectivity index (χ0n) is 14.0. The zero-order chi connectivity index (χ0) is 18.7. The van der Waals surface area contributed by atoms with E-state index in [-0.39, 0.29) is 21.6 Å². The number of nitro benzene ring substituents is 1. The molecule has 3 aromatic rings. The Labute approximate surface area is 150 Å². The second kappa shape index (κ2) is 7.12. The number of hydrogen-bond acceptors (Lipinski definition) is 6. The highest BCUT2D eigenvalue weighted by Crippen LogP contribution is 2.25. The second-order valence-corrected chi connectivity index (χ2v) is 7.46. The molecule has 0 atom stereocenters. The van der Waals surface area contributed by atoms with E-state index >= 15 is 0 Å². The van der Waals surface area contributed by atoms with Crippen LogP contribution in [0.4, 0.5) is 5.69 Å². The van der Waals surface area contributed by atoms with E-state index in [1.807, 2.05) is 0 Å². The molecule has 0 amide bonds. The van der Waals surface area contributed by atoms with Gasteiger partial charge in [-0.25, -0.2) is 17.4 Å². The van der Waals surface area contributed by atoms with Crippen molar-refractivity contribution in [2.75, 3.05) is 6.61 Å². The van der Waals surface area contributed by atoms with Gasteiger partial charge in [0.2, 0.25) is 0 Å². The monoisotopic (exact) mass is 375 g/mol. The van der Waals surface area contributed by atoms with E-state index in [1.54, 1.807) is 12.1 Å². The van der Waals surface area contributed by atoms with Crippen LogP contribution in [0.2, 0.25) is 0 Å². The number of nitrogens with zero attached hydrogens (tertiary/aromatic N) is 3. The van der Waals surface area contributed by atoms with Gasteiger partial charge in [-0.2, -0.15) is 0 Å². The first-order chi connectivity index (χ1) is 12.4. The molecule has 3 rings (SSSR count). The van der Waals surface area contributed by atoms with E-state index in [0.717, 1.165) is 23.1 Å². The minimum atomic E-state index is -3.87. The van der Waals surface area contributed by atoms with Crippen molar-refractivity contribution in [3.63, 3.8) is 0 Å². The molecule has 0 spiro atoms. The van der Waals surface area contributed by atoms with Crippen molar-refractivity contribution in [2.24, 2.45) is 0 Å². The smallest absolute Gasteiger partial charge is 0.271 e. The van der Waals surface area contributed by atoms with Gasteiger partial charge in [0.1, 0.15) is 12.1 Å². The Hall–Kier alpha value is -2.94. The Morgan fingerprint density at radius 1 is 1.19 bits per heavy atom. The highest BCUT2D eigenvalue weighted by molar-refractivity contribution is 7.90. The first-order valence-electron chi connectivity index (χ1n) is 8.03. The molecule has 26 heavy (non-hydrogen) atoms. The lowest BCUT2D eigenvalue weighted by molar-refractivity contribution is -0.384. The fourth-order valence-corrected chi connectivity index (χ4v) is 3.73. The largest absolute Gasteiger partial charge is 0.494 e. The molecule has 0 fully saturated rings. The van der Waals surface area contributed by atoms with Crippen molar-refractivity contribution in [3.05, 3.63) is 58.9 Å². The van der Waals surface area contributed by atoms with E-state index in [2.05, 4.69) is 11.9 Å². The predicted molar refractivity (Wildman–Crippen MR) is 95.8 cm³/mol. The Kier molecular flexibility index (Phi) is 4.90. The molecule has 0 aliphatic rings. The first-order valence-corrected chi connectivity index (χ1v) is 9.47. The van der Waals surface area contributed by atoms with Gasteiger partial charge >= 0.3 is 0 Å². The maximum Gasteiger partial charge on any atom is 0.271 e. The lowest BCUT2D eigenvalue weighted by Crippen LogP contribution is -2.11. The van der Waals surface area contributed by atoms with Crippen LogP contribution < -0.4 is 4.74 Å². The number of aromatic nitrogens is 2. The van der Waals surface area contributed by atoms with Crippen LogP contribution in [-0.2, 0) is 10.0 Å². The van der Waals surface area contributed by atoms with Crippen LogP contribution in [-0.4, -0.2) is 28.9 Å². The Balaban J connectivity index is 1.93. The minimum absolute atomic E-state index is 0.0815. The van der Waals surface area contributed by atoms with Gasteiger partial charge in [-0.3, -0.25) is 10.1 Å². The molecule has 9 heteroatoms. The molecule has 1 aromatic heterocycles. The summed E-state index contributed by atoms with van der Waals surface area (Å²) in [6.07, 6.45) is 3.08. The van der Waals surface area contributed by atoms with Gasteiger partial charge in [-0.05, 0) is 36.8 Å². The van der Waals surface area contributed by atoms with Crippen LogP contribution in [0.1, 0.15) is 19.8 Å². The topological polar surface area (TPSA) is 104 Å². The second-order valence-electron chi connectivity index (χ2n) is 5.65. The fourth-order valence-electron chi connectivity index (χ4n) is 2.44. The number of imidazole rings is 1. The maximum absolute atomic E-state index is 12.8. The maximum atomic E-state index is 12.8. The molecular formula is C17H17N3O5S. The van der Waals surface area contributed by atoms with Crippen LogP contribution >= 0.6 is 0 Å². The van der Waals surface area contributed by atoms with E-state index in [9.17, 15) is 18.5 Å². The van der Waals surface area contributed by atoms with Crippen molar-refractivity contribution in [3.8, 4) is 5.75 Å². The number of ether oxygens (including phenoxy) is 1. The molecule has 0 radical (unpaired) electrons. The van der Waals surface area contributed by atoms with Crippen molar-refractivity contribution < 1.29 is 18.1 Å². The molecule has 0 N–H and O–H groups in total. The molecule has 0 bridgehead atoms. The van der Waals surface area contributed by atoms with Crippen LogP contribution in [0.3, 0.4) is 0 Å². The Morgan fingerprint density at radius 2 is 1.92 bits per heavy atom. The summed E-state index contributed by atoms with van der Waals surface area (Å²) in [7, 11) is -3.87. The van der Waals surface area contributed by atoms with Crippen molar-refractivity contribution in [1.82, 2.24) is 8.96 Å².